The van der Waals surface area contributed by atoms with Crippen molar-refractivity contribution in [3.8, 4) is 0 Å². The summed E-state index contributed by atoms with van der Waals surface area (Å²) in [7, 11) is 0. The summed E-state index contributed by atoms with van der Waals surface area (Å²) in [4.78, 5) is 0. The zero-order valence-corrected chi connectivity index (χ0v) is 5.02. The molecule has 26 valence electrons. The van der Waals surface area contributed by atoms with Crippen molar-refractivity contribution in [1.29, 1.82) is 0 Å². The van der Waals surface area contributed by atoms with Gasteiger partial charge in [-0.05, 0) is 0 Å². The van der Waals surface area contributed by atoms with Crippen LogP contribution in [0.25, 0.3) is 0 Å². The molecule has 0 spiro atoms. The molecule has 3 heteroatoms. The largest absolute Gasteiger partial charge is 4.00 e. The third-order valence-electron chi connectivity index (χ3n) is 0.0772. The molecule has 0 rings (SSSR count). The fourth-order valence-corrected chi connectivity index (χ4v) is 0. The third-order valence-corrected chi connectivity index (χ3v) is 0.231. The van der Waals surface area contributed by atoms with Gasteiger partial charge in [0.25, 0.3) is 0 Å². The number of hydrogen-bond donors (Lipinski definition) is 0. The minimum Gasteiger partial charge on any atom is -0.854 e. The van der Waals surface area contributed by atoms with Gasteiger partial charge in [-0.3, -0.25) is 0 Å². The predicted octanol–water partition coefficient (Wildman–Crippen LogP) is -0.417. The summed E-state index contributed by atoms with van der Waals surface area (Å²) in [6.45, 7) is -0.165. The molecule has 0 atom stereocenters. The second kappa shape index (κ2) is 8.88. The Balaban J connectivity index is 0. The molecular weight excluding hydrogens is 123 g/mol. The maximum atomic E-state index is 9.17. The van der Waals surface area contributed by atoms with Gasteiger partial charge in [-0.15, -0.1) is 18.2 Å². The molecule has 0 aromatic carbocycles. The second-order valence-electron chi connectivity index (χ2n) is 0.393. The van der Waals surface area contributed by atoms with Gasteiger partial charge in [0.2, 0.25) is 0 Å². The molecule has 0 radical (unpaired) electrons. The molecular formula is C2H4ClOTi+3. The molecule has 0 aromatic heterocycles. The molecule has 1 nitrogen and oxygen atoms in total. The maximum Gasteiger partial charge on any atom is 4.00 e. The van der Waals surface area contributed by atoms with Crippen LogP contribution in [-0.4, -0.2) is 12.5 Å². The van der Waals surface area contributed by atoms with Crippen molar-refractivity contribution in [2.24, 2.45) is 0 Å². The SMILES string of the molecule is [O-]CCCl.[Ti+4]. The summed E-state index contributed by atoms with van der Waals surface area (Å²) < 4.78 is 0. The monoisotopic (exact) mass is 127 g/mol. The van der Waals surface area contributed by atoms with Crippen LogP contribution in [0.3, 0.4) is 0 Å². The molecule has 0 aliphatic heterocycles. The van der Waals surface area contributed by atoms with Crippen LogP contribution in [0.5, 0.6) is 0 Å². The van der Waals surface area contributed by atoms with Crippen LogP contribution in [0.15, 0.2) is 0 Å². The average Bonchev–Trinajstić information content (AvgIpc) is 1.37. The summed E-state index contributed by atoms with van der Waals surface area (Å²) in [6.07, 6.45) is 0. The second-order valence-corrected chi connectivity index (χ2v) is 0.771. The molecule has 0 saturated carbocycles. The molecule has 0 unspecified atom stereocenters. The predicted molar refractivity (Wildman–Crippen MR) is 15.6 cm³/mol. The van der Waals surface area contributed by atoms with Gasteiger partial charge in [-0.25, -0.2) is 0 Å². The number of rotatable bonds is 1. The summed E-state index contributed by atoms with van der Waals surface area (Å²) in [6, 6.07) is 0. The average molecular weight is 127 g/mol. The molecule has 0 aliphatic carbocycles. The zero-order chi connectivity index (χ0) is 3.41. The van der Waals surface area contributed by atoms with Gasteiger partial charge in [0.15, 0.2) is 0 Å². The van der Waals surface area contributed by atoms with Crippen molar-refractivity contribution in [2.45, 2.75) is 0 Å². The summed E-state index contributed by atoms with van der Waals surface area (Å²) in [5, 5.41) is 9.17. The van der Waals surface area contributed by atoms with Crippen LogP contribution < -0.4 is 5.11 Å². The first-order valence-electron chi connectivity index (χ1n) is 1.06. The topological polar surface area (TPSA) is 23.1 Å². The Bertz CT molecular complexity index is 11.6. The zero-order valence-electron chi connectivity index (χ0n) is 2.70. The first-order valence-corrected chi connectivity index (χ1v) is 1.59. The van der Waals surface area contributed by atoms with E-state index in [1.165, 1.54) is 0 Å². The van der Waals surface area contributed by atoms with Crippen molar-refractivity contribution in [1.82, 2.24) is 0 Å². The maximum absolute atomic E-state index is 9.17. The van der Waals surface area contributed by atoms with Crippen LogP contribution in [-0.2, 0) is 21.7 Å². The first-order chi connectivity index (χ1) is 1.91. The van der Waals surface area contributed by atoms with E-state index in [4.69, 9.17) is 16.7 Å². The number of alkyl halides is 1. The number of hydrogen-bond acceptors (Lipinski definition) is 1. The van der Waals surface area contributed by atoms with Crippen LogP contribution >= 0.6 is 11.6 Å². The molecule has 0 amide bonds. The van der Waals surface area contributed by atoms with Gasteiger partial charge in [0.1, 0.15) is 0 Å². The standard InChI is InChI=1S/C2H4ClO.Ti/c3-1-2-4;/h1-2H2;/q-1;+4. The van der Waals surface area contributed by atoms with E-state index in [0.29, 0.717) is 0 Å². The fraction of sp³-hybridized carbons (Fsp3) is 1.00. The summed E-state index contributed by atoms with van der Waals surface area (Å²) in [5.74, 6) is 0.236. The Kier molecular flexibility index (Phi) is 16.6. The molecule has 0 heterocycles. The van der Waals surface area contributed by atoms with Crippen molar-refractivity contribution in [2.75, 3.05) is 12.5 Å². The van der Waals surface area contributed by atoms with Gasteiger partial charge >= 0.3 is 21.7 Å². The Morgan fingerprint density at radius 2 is 1.80 bits per heavy atom. The van der Waals surface area contributed by atoms with Crippen LogP contribution in [0, 0.1) is 0 Å². The number of halogens is 1. The fourth-order valence-electron chi connectivity index (χ4n) is 0. The van der Waals surface area contributed by atoms with Crippen molar-refractivity contribution in [3.63, 3.8) is 0 Å². The molecule has 5 heavy (non-hydrogen) atoms. The Morgan fingerprint density at radius 3 is 1.80 bits per heavy atom. The molecule has 0 aliphatic rings. The third kappa shape index (κ3) is 11.3. The normalized spacial score (nSPS) is 6.00. The quantitative estimate of drug-likeness (QED) is 0.347. The van der Waals surface area contributed by atoms with Crippen molar-refractivity contribution >= 4 is 11.6 Å². The van der Waals surface area contributed by atoms with E-state index >= 15 is 0 Å². The Labute approximate surface area is 51.2 Å². The Morgan fingerprint density at radius 1 is 1.60 bits per heavy atom. The summed E-state index contributed by atoms with van der Waals surface area (Å²) in [5.41, 5.74) is 0. The molecule has 0 fully saturated rings. The van der Waals surface area contributed by atoms with Gasteiger partial charge in [0.05, 0.1) is 0 Å². The van der Waals surface area contributed by atoms with Gasteiger partial charge in [-0.1, -0.05) is 0 Å². The first kappa shape index (κ1) is 9.35. The van der Waals surface area contributed by atoms with E-state index < -0.39 is 0 Å². The van der Waals surface area contributed by atoms with E-state index in [9.17, 15) is 0 Å². The molecule has 0 aromatic rings. The van der Waals surface area contributed by atoms with E-state index in [-0.39, 0.29) is 34.2 Å². The van der Waals surface area contributed by atoms with Crippen LogP contribution in [0.4, 0.5) is 0 Å². The van der Waals surface area contributed by atoms with E-state index in [0.717, 1.165) is 0 Å². The molecule has 0 saturated heterocycles. The minimum absolute atomic E-state index is 0. The van der Waals surface area contributed by atoms with Gasteiger partial charge in [-0.2, -0.15) is 0 Å². The minimum atomic E-state index is -0.165. The van der Waals surface area contributed by atoms with Gasteiger partial charge < -0.3 is 5.11 Å². The molecule has 0 bridgehead atoms. The van der Waals surface area contributed by atoms with E-state index in [1.54, 1.807) is 0 Å². The summed E-state index contributed by atoms with van der Waals surface area (Å²) >= 11 is 4.87. The van der Waals surface area contributed by atoms with Crippen LogP contribution in [0.2, 0.25) is 0 Å². The molecule has 0 N–H and O–H groups in total. The van der Waals surface area contributed by atoms with Crippen LogP contribution in [0.1, 0.15) is 0 Å². The van der Waals surface area contributed by atoms with Gasteiger partial charge in [0, 0.05) is 5.88 Å². The smallest absolute Gasteiger partial charge is 0.854 e. The van der Waals surface area contributed by atoms with Crippen molar-refractivity contribution in [3.05, 3.63) is 0 Å². The van der Waals surface area contributed by atoms with Crippen molar-refractivity contribution < 1.29 is 26.8 Å². The Hall–Kier alpha value is 0.964. The van der Waals surface area contributed by atoms with E-state index in [1.807, 2.05) is 0 Å². The van der Waals surface area contributed by atoms with E-state index in [2.05, 4.69) is 0 Å².